The van der Waals surface area contributed by atoms with E-state index in [2.05, 4.69) is 4.99 Å². The summed E-state index contributed by atoms with van der Waals surface area (Å²) >= 11 is 1.68. The highest BCUT2D eigenvalue weighted by molar-refractivity contribution is 8.16. The van der Waals surface area contributed by atoms with Crippen molar-refractivity contribution in [3.8, 4) is 0 Å². The molecule has 150 valence electrons. The van der Waals surface area contributed by atoms with Crippen LogP contribution in [0.5, 0.6) is 0 Å². The van der Waals surface area contributed by atoms with Crippen molar-refractivity contribution in [1.82, 2.24) is 4.90 Å². The molecule has 2 saturated carbocycles. The van der Waals surface area contributed by atoms with E-state index in [1.54, 1.807) is 16.7 Å². The molecule has 2 amide bonds. The third kappa shape index (κ3) is 3.58. The Bertz CT molecular complexity index is 666. The zero-order valence-corrected chi connectivity index (χ0v) is 17.5. The molecule has 4 atom stereocenters. The van der Waals surface area contributed by atoms with Crippen LogP contribution in [-0.4, -0.2) is 45.3 Å². The van der Waals surface area contributed by atoms with Crippen LogP contribution < -0.4 is 0 Å². The van der Waals surface area contributed by atoms with Crippen molar-refractivity contribution in [2.24, 2.45) is 28.7 Å². The summed E-state index contributed by atoms with van der Waals surface area (Å²) in [5.41, 5.74) is -1.83. The Morgan fingerprint density at radius 1 is 1.26 bits per heavy atom. The van der Waals surface area contributed by atoms with Gasteiger partial charge in [-0.3, -0.25) is 9.59 Å². The van der Waals surface area contributed by atoms with E-state index in [1.807, 2.05) is 6.92 Å². The average Bonchev–Trinajstić information content (AvgIpc) is 3.29. The average molecular weight is 395 g/mol. The van der Waals surface area contributed by atoms with Crippen LogP contribution in [0.25, 0.3) is 0 Å². The molecule has 0 aromatic carbocycles. The van der Waals surface area contributed by atoms with Crippen LogP contribution in [0, 0.1) is 23.7 Å². The van der Waals surface area contributed by atoms with Crippen LogP contribution in [0.4, 0.5) is 4.39 Å². The van der Waals surface area contributed by atoms with Gasteiger partial charge < -0.3 is 4.90 Å². The van der Waals surface area contributed by atoms with Gasteiger partial charge in [-0.2, -0.15) is 0 Å². The maximum Gasteiger partial charge on any atom is 0.263 e. The van der Waals surface area contributed by atoms with Crippen molar-refractivity contribution in [2.45, 2.75) is 76.1 Å². The number of nitrogens with zero attached hydrogens (tertiary/aromatic N) is 2. The van der Waals surface area contributed by atoms with E-state index in [4.69, 9.17) is 0 Å². The number of thioether (sulfide) groups is 1. The molecule has 2 aliphatic heterocycles. The van der Waals surface area contributed by atoms with Gasteiger partial charge in [0.1, 0.15) is 4.75 Å². The summed E-state index contributed by atoms with van der Waals surface area (Å²) in [5.74, 6) is 2.24. The zero-order chi connectivity index (χ0) is 19.4. The number of piperidine rings is 1. The van der Waals surface area contributed by atoms with E-state index in [0.717, 1.165) is 42.1 Å². The second-order valence-corrected chi connectivity index (χ2v) is 11.2. The number of alkyl halides is 1. The van der Waals surface area contributed by atoms with Crippen LogP contribution >= 0.6 is 11.8 Å². The van der Waals surface area contributed by atoms with Gasteiger partial charge in [-0.05, 0) is 83.0 Å². The topological polar surface area (TPSA) is 49.7 Å². The summed E-state index contributed by atoms with van der Waals surface area (Å²) in [6, 6.07) is 0. The number of aliphatic imine (C=N–C) groups is 1. The Balaban J connectivity index is 1.34. The van der Waals surface area contributed by atoms with E-state index >= 15 is 0 Å². The first-order valence-corrected chi connectivity index (χ1v) is 11.3. The Morgan fingerprint density at radius 3 is 2.52 bits per heavy atom. The molecule has 0 spiro atoms. The van der Waals surface area contributed by atoms with E-state index in [9.17, 15) is 14.0 Å². The second kappa shape index (κ2) is 6.85. The van der Waals surface area contributed by atoms with E-state index < -0.39 is 16.3 Å². The van der Waals surface area contributed by atoms with Crippen molar-refractivity contribution in [2.75, 3.05) is 13.1 Å². The summed E-state index contributed by atoms with van der Waals surface area (Å²) in [4.78, 5) is 31.0. The maximum absolute atomic E-state index is 13.9. The molecule has 2 aliphatic carbocycles. The number of carbonyl (C=O) groups is 2. The number of carbonyl (C=O) groups excluding carboxylic acids is 2. The zero-order valence-electron chi connectivity index (χ0n) is 16.7. The van der Waals surface area contributed by atoms with E-state index in [0.29, 0.717) is 13.1 Å². The molecule has 2 bridgehead atoms. The maximum atomic E-state index is 13.9. The quantitative estimate of drug-likeness (QED) is 0.717. The predicted octanol–water partition coefficient (Wildman–Crippen LogP) is 4.23. The Labute approximate surface area is 165 Å². The lowest BCUT2D eigenvalue weighted by Crippen LogP contribution is -2.50. The standard InChI is InChI=1S/C21H31FN2O2S/c1-20(2,22)19(26)24-8-6-16(7-9-24)21(3)18(25)23-17(27-21)12-15-11-13-4-5-14(15)10-13/h13-16H,4-12H2,1-3H3/t13-,14+,15-,21?/m1/s1. The van der Waals surface area contributed by atoms with Crippen LogP contribution in [0.3, 0.4) is 0 Å². The lowest BCUT2D eigenvalue weighted by atomic mass is 9.83. The van der Waals surface area contributed by atoms with Gasteiger partial charge in [-0.25, -0.2) is 9.38 Å². The summed E-state index contributed by atoms with van der Waals surface area (Å²) in [7, 11) is 0. The first-order chi connectivity index (χ1) is 12.7. The number of hydrogen-bond donors (Lipinski definition) is 0. The van der Waals surface area contributed by atoms with Gasteiger partial charge in [0, 0.05) is 13.1 Å². The van der Waals surface area contributed by atoms with Crippen molar-refractivity contribution >= 4 is 28.6 Å². The van der Waals surface area contributed by atoms with Gasteiger partial charge in [0.25, 0.3) is 11.8 Å². The molecule has 6 heteroatoms. The molecule has 1 unspecified atom stereocenters. The minimum absolute atomic E-state index is 0.00116. The number of fused-ring (bicyclic) bond motifs is 2. The minimum atomic E-state index is -1.83. The molecule has 0 aromatic heterocycles. The van der Waals surface area contributed by atoms with Gasteiger partial charge in [-0.15, -0.1) is 0 Å². The molecule has 3 fully saturated rings. The SMILES string of the molecule is CC(C)(F)C(=O)N1CCC(C2(C)SC(C[C@H]3C[C@@H]4CC[C@H]3C4)=NC2=O)CC1. The number of likely N-dealkylation sites (tertiary alicyclic amines) is 1. The number of hydrogen-bond acceptors (Lipinski definition) is 3. The van der Waals surface area contributed by atoms with Gasteiger partial charge >= 0.3 is 0 Å². The molecule has 2 heterocycles. The number of halogens is 1. The molecule has 4 aliphatic rings. The highest BCUT2D eigenvalue weighted by Gasteiger charge is 2.50. The van der Waals surface area contributed by atoms with Crippen molar-refractivity contribution in [1.29, 1.82) is 0 Å². The smallest absolute Gasteiger partial charge is 0.263 e. The van der Waals surface area contributed by atoms with Crippen molar-refractivity contribution in [3.05, 3.63) is 0 Å². The Morgan fingerprint density at radius 2 is 1.96 bits per heavy atom. The second-order valence-electron chi connectivity index (χ2n) is 9.70. The lowest BCUT2D eigenvalue weighted by Gasteiger charge is -2.39. The van der Waals surface area contributed by atoms with Gasteiger partial charge in [0.2, 0.25) is 0 Å². The van der Waals surface area contributed by atoms with Crippen LogP contribution in [0.1, 0.15) is 65.7 Å². The van der Waals surface area contributed by atoms with Gasteiger partial charge in [0.15, 0.2) is 5.67 Å². The molecule has 27 heavy (non-hydrogen) atoms. The lowest BCUT2D eigenvalue weighted by molar-refractivity contribution is -0.143. The largest absolute Gasteiger partial charge is 0.340 e. The van der Waals surface area contributed by atoms with Crippen molar-refractivity contribution in [3.63, 3.8) is 0 Å². The Kier molecular flexibility index (Phi) is 4.93. The molecule has 0 aromatic rings. The third-order valence-corrected chi connectivity index (χ3v) is 8.80. The Hall–Kier alpha value is -0.910. The molecule has 4 rings (SSSR count). The summed E-state index contributed by atoms with van der Waals surface area (Å²) in [6.07, 6.45) is 7.91. The molecule has 0 radical (unpaired) electrons. The van der Waals surface area contributed by atoms with Crippen LogP contribution in [-0.2, 0) is 9.59 Å². The monoisotopic (exact) mass is 394 g/mol. The molecule has 1 saturated heterocycles. The van der Waals surface area contributed by atoms with E-state index in [1.165, 1.54) is 39.5 Å². The minimum Gasteiger partial charge on any atom is -0.340 e. The van der Waals surface area contributed by atoms with Crippen LogP contribution in [0.15, 0.2) is 4.99 Å². The summed E-state index contributed by atoms with van der Waals surface area (Å²) in [6.45, 7) is 5.71. The highest BCUT2D eigenvalue weighted by atomic mass is 32.2. The molecular weight excluding hydrogens is 363 g/mol. The van der Waals surface area contributed by atoms with E-state index in [-0.39, 0.29) is 11.8 Å². The number of amides is 2. The normalized spacial score (nSPS) is 37.2. The first kappa shape index (κ1) is 19.4. The van der Waals surface area contributed by atoms with Gasteiger partial charge in [-0.1, -0.05) is 18.2 Å². The highest BCUT2D eigenvalue weighted by Crippen LogP contribution is 2.52. The fourth-order valence-electron chi connectivity index (χ4n) is 5.74. The summed E-state index contributed by atoms with van der Waals surface area (Å²) < 4.78 is 13.4. The fourth-order valence-corrected chi connectivity index (χ4v) is 7.19. The predicted molar refractivity (Wildman–Crippen MR) is 106 cm³/mol. The van der Waals surface area contributed by atoms with Crippen molar-refractivity contribution < 1.29 is 14.0 Å². The number of rotatable bonds is 4. The van der Waals surface area contributed by atoms with Gasteiger partial charge in [0.05, 0.1) is 5.04 Å². The molecule has 4 nitrogen and oxygen atoms in total. The molecular formula is C21H31FN2O2S. The third-order valence-electron chi connectivity index (χ3n) is 7.37. The first-order valence-electron chi connectivity index (χ1n) is 10.5. The fraction of sp³-hybridized carbons (Fsp3) is 0.857. The molecule has 0 N–H and O–H groups in total. The summed E-state index contributed by atoms with van der Waals surface area (Å²) in [5, 5.41) is 1.03. The van der Waals surface area contributed by atoms with Crippen LogP contribution in [0.2, 0.25) is 0 Å².